The Kier molecular flexibility index (Phi) is 13.2. The molecule has 1 aliphatic rings. The zero-order chi connectivity index (χ0) is 10.7. The van der Waals surface area contributed by atoms with Gasteiger partial charge in [0.15, 0.2) is 0 Å². The van der Waals surface area contributed by atoms with Crippen molar-refractivity contribution in [1.82, 2.24) is 4.90 Å². The Balaban J connectivity index is 0. The van der Waals surface area contributed by atoms with Crippen molar-refractivity contribution in [3.63, 3.8) is 0 Å². The standard InChI is InChI=1S/C7H13NO.2C2H6/c1-2-5-8-6-3-4-7(8)9;2*1-2/h2-6H2,1H3;2*1-2H3. The normalized spacial score (nSPS) is 14.2. The first-order valence-electron chi connectivity index (χ1n) is 5.62. The van der Waals surface area contributed by atoms with Gasteiger partial charge in [0.05, 0.1) is 0 Å². The van der Waals surface area contributed by atoms with Crippen molar-refractivity contribution in [1.29, 1.82) is 0 Å². The molecule has 0 spiro atoms. The Morgan fingerprint density at radius 2 is 1.77 bits per heavy atom. The van der Waals surface area contributed by atoms with Crippen LogP contribution in [0, 0.1) is 0 Å². The molecule has 0 saturated carbocycles. The zero-order valence-corrected chi connectivity index (χ0v) is 9.89. The summed E-state index contributed by atoms with van der Waals surface area (Å²) in [5.74, 6) is 0.344. The topological polar surface area (TPSA) is 20.3 Å². The first-order chi connectivity index (χ1) is 6.34. The monoisotopic (exact) mass is 187 g/mol. The van der Waals surface area contributed by atoms with Crippen molar-refractivity contribution in [2.75, 3.05) is 13.1 Å². The van der Waals surface area contributed by atoms with E-state index in [-0.39, 0.29) is 0 Å². The van der Waals surface area contributed by atoms with E-state index in [1.807, 2.05) is 32.6 Å². The van der Waals surface area contributed by atoms with Crippen LogP contribution in [0.5, 0.6) is 0 Å². The van der Waals surface area contributed by atoms with Crippen LogP contribution in [0.3, 0.4) is 0 Å². The average molecular weight is 187 g/mol. The molecule has 0 unspecified atom stereocenters. The van der Waals surface area contributed by atoms with E-state index in [0.29, 0.717) is 5.91 Å². The molecule has 2 heteroatoms. The summed E-state index contributed by atoms with van der Waals surface area (Å²) in [7, 11) is 0. The van der Waals surface area contributed by atoms with Crippen LogP contribution < -0.4 is 0 Å². The second-order valence-electron chi connectivity index (χ2n) is 2.48. The number of nitrogens with zero attached hydrogens (tertiary/aromatic N) is 1. The summed E-state index contributed by atoms with van der Waals surface area (Å²) in [4.78, 5) is 12.8. The molecule has 1 rings (SSSR count). The molecule has 2 nitrogen and oxygen atoms in total. The highest BCUT2D eigenvalue weighted by molar-refractivity contribution is 5.77. The summed E-state index contributed by atoms with van der Waals surface area (Å²) in [5, 5.41) is 0. The second kappa shape index (κ2) is 11.5. The Hall–Kier alpha value is -0.530. The lowest BCUT2D eigenvalue weighted by Crippen LogP contribution is -2.24. The summed E-state index contributed by atoms with van der Waals surface area (Å²) in [5.41, 5.74) is 0. The van der Waals surface area contributed by atoms with Crippen LogP contribution in [-0.2, 0) is 4.79 Å². The fraction of sp³-hybridized carbons (Fsp3) is 0.909. The van der Waals surface area contributed by atoms with Crippen molar-refractivity contribution in [3.8, 4) is 0 Å². The van der Waals surface area contributed by atoms with Crippen LogP contribution >= 0.6 is 0 Å². The third-order valence-corrected chi connectivity index (χ3v) is 1.66. The van der Waals surface area contributed by atoms with Gasteiger partial charge in [-0.15, -0.1) is 0 Å². The van der Waals surface area contributed by atoms with Gasteiger partial charge >= 0.3 is 0 Å². The number of rotatable bonds is 2. The van der Waals surface area contributed by atoms with Crippen LogP contribution in [0.1, 0.15) is 53.9 Å². The van der Waals surface area contributed by atoms with Gasteiger partial charge in [-0.1, -0.05) is 34.6 Å². The summed E-state index contributed by atoms with van der Waals surface area (Å²) < 4.78 is 0. The quantitative estimate of drug-likeness (QED) is 0.650. The van der Waals surface area contributed by atoms with Gasteiger partial charge in [-0.25, -0.2) is 0 Å². The van der Waals surface area contributed by atoms with E-state index in [1.54, 1.807) is 0 Å². The molecule has 1 heterocycles. The van der Waals surface area contributed by atoms with Gasteiger partial charge in [0.1, 0.15) is 0 Å². The molecule has 0 aromatic carbocycles. The molecule has 1 aliphatic heterocycles. The van der Waals surface area contributed by atoms with Gasteiger partial charge in [0, 0.05) is 19.5 Å². The van der Waals surface area contributed by atoms with E-state index in [2.05, 4.69) is 6.92 Å². The Morgan fingerprint density at radius 1 is 1.23 bits per heavy atom. The lowest BCUT2D eigenvalue weighted by atomic mass is 10.4. The maximum Gasteiger partial charge on any atom is 0.222 e. The molecule has 1 amide bonds. The first-order valence-corrected chi connectivity index (χ1v) is 5.62. The van der Waals surface area contributed by atoms with Gasteiger partial charge in [-0.3, -0.25) is 4.79 Å². The van der Waals surface area contributed by atoms with E-state index in [0.717, 1.165) is 32.4 Å². The maximum absolute atomic E-state index is 10.9. The molecule has 0 bridgehead atoms. The third kappa shape index (κ3) is 6.62. The summed E-state index contributed by atoms with van der Waals surface area (Å²) in [6.07, 6.45) is 2.94. The van der Waals surface area contributed by atoms with Crippen LogP contribution in [0.2, 0.25) is 0 Å². The van der Waals surface area contributed by atoms with Gasteiger partial charge in [-0.2, -0.15) is 0 Å². The predicted molar refractivity (Wildman–Crippen MR) is 58.8 cm³/mol. The molecule has 80 valence electrons. The van der Waals surface area contributed by atoms with E-state index in [9.17, 15) is 4.79 Å². The van der Waals surface area contributed by atoms with Gasteiger partial charge in [0.2, 0.25) is 5.91 Å². The largest absolute Gasteiger partial charge is 0.343 e. The maximum atomic E-state index is 10.9. The highest BCUT2D eigenvalue weighted by Gasteiger charge is 2.17. The molecule has 13 heavy (non-hydrogen) atoms. The molecule has 0 radical (unpaired) electrons. The minimum absolute atomic E-state index is 0.344. The van der Waals surface area contributed by atoms with Crippen LogP contribution in [0.4, 0.5) is 0 Å². The Bertz CT molecular complexity index is 113. The van der Waals surface area contributed by atoms with Gasteiger partial charge in [0.25, 0.3) is 0 Å². The van der Waals surface area contributed by atoms with Gasteiger partial charge in [-0.05, 0) is 12.8 Å². The fourth-order valence-corrected chi connectivity index (χ4v) is 1.21. The lowest BCUT2D eigenvalue weighted by Gasteiger charge is -2.12. The van der Waals surface area contributed by atoms with E-state index < -0.39 is 0 Å². The van der Waals surface area contributed by atoms with Crippen molar-refractivity contribution in [3.05, 3.63) is 0 Å². The first kappa shape index (κ1) is 15.0. The van der Waals surface area contributed by atoms with Crippen LogP contribution in [0.25, 0.3) is 0 Å². The van der Waals surface area contributed by atoms with Crippen molar-refractivity contribution >= 4 is 5.91 Å². The number of amides is 1. The minimum atomic E-state index is 0.344. The summed E-state index contributed by atoms with van der Waals surface area (Å²) in [6.45, 7) is 12.1. The summed E-state index contributed by atoms with van der Waals surface area (Å²) >= 11 is 0. The summed E-state index contributed by atoms with van der Waals surface area (Å²) in [6, 6.07) is 0. The van der Waals surface area contributed by atoms with Crippen molar-refractivity contribution in [2.45, 2.75) is 53.9 Å². The lowest BCUT2D eigenvalue weighted by molar-refractivity contribution is -0.127. The molecular weight excluding hydrogens is 162 g/mol. The number of likely N-dealkylation sites (tertiary alicyclic amines) is 1. The molecule has 0 aromatic heterocycles. The Labute approximate surface area is 83.3 Å². The van der Waals surface area contributed by atoms with Crippen LogP contribution in [-0.4, -0.2) is 23.9 Å². The van der Waals surface area contributed by atoms with Crippen LogP contribution in [0.15, 0.2) is 0 Å². The molecule has 0 N–H and O–H groups in total. The van der Waals surface area contributed by atoms with Crippen molar-refractivity contribution < 1.29 is 4.79 Å². The molecule has 1 saturated heterocycles. The number of carbonyl (C=O) groups excluding carboxylic acids is 1. The van der Waals surface area contributed by atoms with E-state index in [4.69, 9.17) is 0 Å². The highest BCUT2D eigenvalue weighted by atomic mass is 16.2. The molecule has 0 aromatic rings. The van der Waals surface area contributed by atoms with Gasteiger partial charge < -0.3 is 4.90 Å². The SMILES string of the molecule is CC.CC.CCCN1CCCC1=O. The fourth-order valence-electron chi connectivity index (χ4n) is 1.21. The number of hydrogen-bond acceptors (Lipinski definition) is 1. The van der Waals surface area contributed by atoms with E-state index >= 15 is 0 Å². The Morgan fingerprint density at radius 3 is 2.08 bits per heavy atom. The minimum Gasteiger partial charge on any atom is -0.343 e. The van der Waals surface area contributed by atoms with Crippen molar-refractivity contribution in [2.24, 2.45) is 0 Å². The molecular formula is C11H25NO. The number of hydrogen-bond donors (Lipinski definition) is 0. The smallest absolute Gasteiger partial charge is 0.222 e. The second-order valence-corrected chi connectivity index (χ2v) is 2.48. The molecule has 0 aliphatic carbocycles. The average Bonchev–Trinajstić information content (AvgIpc) is 2.60. The third-order valence-electron chi connectivity index (χ3n) is 1.66. The molecule has 0 atom stereocenters. The number of carbonyl (C=O) groups is 1. The predicted octanol–water partition coefficient (Wildman–Crippen LogP) is 3.07. The van der Waals surface area contributed by atoms with E-state index in [1.165, 1.54) is 0 Å². The molecule has 1 fully saturated rings. The zero-order valence-electron chi connectivity index (χ0n) is 9.89. The highest BCUT2D eigenvalue weighted by Crippen LogP contribution is 2.08.